The summed E-state index contributed by atoms with van der Waals surface area (Å²) in [5.74, 6) is -0.811. The van der Waals surface area contributed by atoms with Gasteiger partial charge in [0.2, 0.25) is 0 Å². The van der Waals surface area contributed by atoms with Gasteiger partial charge >= 0.3 is 19.7 Å². The molecular formula is C14H18F3O5P. The lowest BCUT2D eigenvalue weighted by Crippen LogP contribution is -2.29. The van der Waals surface area contributed by atoms with Crippen molar-refractivity contribution in [2.75, 3.05) is 19.9 Å². The Morgan fingerprint density at radius 1 is 1.26 bits per heavy atom. The maximum Gasteiger partial charge on any atom is 0.412 e. The summed E-state index contributed by atoms with van der Waals surface area (Å²) >= 11 is 0. The van der Waals surface area contributed by atoms with Crippen molar-refractivity contribution in [1.29, 1.82) is 0 Å². The summed E-state index contributed by atoms with van der Waals surface area (Å²) < 4.78 is 62.6. The predicted octanol–water partition coefficient (Wildman–Crippen LogP) is 3.58. The standard InChI is InChI=1S/C14H18F3O5P/c1-3-20-13(18)12(9-11-7-5-4-6-8-11)22-23(2,19)21-10-14(15,16)17/h4-8,12H,3,9-10H2,1-2H3. The van der Waals surface area contributed by atoms with E-state index in [2.05, 4.69) is 4.52 Å². The van der Waals surface area contributed by atoms with E-state index in [1.165, 1.54) is 0 Å². The number of rotatable bonds is 8. The zero-order valence-electron chi connectivity index (χ0n) is 12.7. The van der Waals surface area contributed by atoms with E-state index in [0.717, 1.165) is 6.66 Å². The van der Waals surface area contributed by atoms with Gasteiger partial charge in [-0.05, 0) is 12.5 Å². The molecule has 0 fully saturated rings. The molecule has 5 nitrogen and oxygen atoms in total. The van der Waals surface area contributed by atoms with Crippen molar-refractivity contribution >= 4 is 13.6 Å². The Balaban J connectivity index is 2.79. The second kappa shape index (κ2) is 8.47. The Morgan fingerprint density at radius 2 is 1.87 bits per heavy atom. The number of benzene rings is 1. The number of ether oxygens (including phenoxy) is 1. The second-order valence-electron chi connectivity index (χ2n) is 4.70. The van der Waals surface area contributed by atoms with Crippen LogP contribution in [-0.2, 0) is 29.6 Å². The molecule has 1 aromatic carbocycles. The molecule has 0 aliphatic carbocycles. The van der Waals surface area contributed by atoms with Crippen molar-refractivity contribution in [3.8, 4) is 0 Å². The fourth-order valence-corrected chi connectivity index (χ4v) is 2.74. The molecule has 130 valence electrons. The van der Waals surface area contributed by atoms with Crippen LogP contribution in [0.15, 0.2) is 30.3 Å². The van der Waals surface area contributed by atoms with Crippen LogP contribution in [0.2, 0.25) is 0 Å². The van der Waals surface area contributed by atoms with E-state index in [1.54, 1.807) is 37.3 Å². The van der Waals surface area contributed by atoms with Crippen LogP contribution >= 0.6 is 7.60 Å². The van der Waals surface area contributed by atoms with Crippen LogP contribution in [0.3, 0.4) is 0 Å². The first-order valence-electron chi connectivity index (χ1n) is 6.81. The van der Waals surface area contributed by atoms with Crippen LogP contribution < -0.4 is 0 Å². The summed E-state index contributed by atoms with van der Waals surface area (Å²) in [6.45, 7) is 0.797. The quantitative estimate of drug-likeness (QED) is 0.527. The molecule has 1 rings (SSSR count). The lowest BCUT2D eigenvalue weighted by atomic mass is 10.1. The zero-order valence-corrected chi connectivity index (χ0v) is 13.6. The summed E-state index contributed by atoms with van der Waals surface area (Å²) in [7, 11) is -4.08. The van der Waals surface area contributed by atoms with E-state index in [-0.39, 0.29) is 13.0 Å². The van der Waals surface area contributed by atoms with Crippen molar-refractivity contribution in [2.24, 2.45) is 0 Å². The third kappa shape index (κ3) is 8.16. The number of carbonyl (C=O) groups is 1. The van der Waals surface area contributed by atoms with Crippen LogP contribution in [0.5, 0.6) is 0 Å². The molecule has 0 aromatic heterocycles. The lowest BCUT2D eigenvalue weighted by molar-refractivity contribution is -0.158. The maximum absolute atomic E-state index is 12.2. The van der Waals surface area contributed by atoms with Gasteiger partial charge in [-0.1, -0.05) is 30.3 Å². The van der Waals surface area contributed by atoms with Gasteiger partial charge in [0.1, 0.15) is 0 Å². The molecular weight excluding hydrogens is 336 g/mol. The van der Waals surface area contributed by atoms with E-state index in [4.69, 9.17) is 9.26 Å². The number of hydrogen-bond acceptors (Lipinski definition) is 5. The topological polar surface area (TPSA) is 61.8 Å². The Hall–Kier alpha value is -1.37. The Labute approximate surface area is 132 Å². The highest BCUT2D eigenvalue weighted by atomic mass is 31.2. The number of halogens is 3. The predicted molar refractivity (Wildman–Crippen MR) is 77.2 cm³/mol. The summed E-state index contributed by atoms with van der Waals surface area (Å²) in [4.78, 5) is 11.9. The van der Waals surface area contributed by atoms with Gasteiger partial charge in [-0.2, -0.15) is 13.2 Å². The lowest BCUT2D eigenvalue weighted by Gasteiger charge is -2.21. The molecule has 0 saturated carbocycles. The molecule has 0 amide bonds. The van der Waals surface area contributed by atoms with E-state index in [9.17, 15) is 22.5 Å². The van der Waals surface area contributed by atoms with Gasteiger partial charge in [-0.25, -0.2) is 4.79 Å². The molecule has 0 N–H and O–H groups in total. The number of hydrogen-bond donors (Lipinski definition) is 0. The highest BCUT2D eigenvalue weighted by Gasteiger charge is 2.35. The second-order valence-corrected chi connectivity index (χ2v) is 6.71. The molecule has 9 heteroatoms. The third-order valence-corrected chi connectivity index (χ3v) is 3.83. The van der Waals surface area contributed by atoms with Crippen molar-refractivity contribution in [2.45, 2.75) is 25.6 Å². The minimum Gasteiger partial charge on any atom is -0.464 e. The summed E-state index contributed by atoms with van der Waals surface area (Å²) in [5.41, 5.74) is 0.682. The van der Waals surface area contributed by atoms with E-state index >= 15 is 0 Å². The molecule has 1 aromatic rings. The highest BCUT2D eigenvalue weighted by Crippen LogP contribution is 2.46. The SMILES string of the molecule is CCOC(=O)C(Cc1ccccc1)OP(C)(=O)OCC(F)(F)F. The molecule has 2 unspecified atom stereocenters. The third-order valence-electron chi connectivity index (χ3n) is 2.59. The van der Waals surface area contributed by atoms with Crippen molar-refractivity contribution < 1.29 is 36.3 Å². The van der Waals surface area contributed by atoms with Gasteiger partial charge < -0.3 is 4.74 Å². The minimum absolute atomic E-state index is 0.00683. The first-order valence-corrected chi connectivity index (χ1v) is 8.79. The van der Waals surface area contributed by atoms with Gasteiger partial charge in [0.05, 0.1) is 6.61 Å². The molecule has 0 aliphatic heterocycles. The highest BCUT2D eigenvalue weighted by molar-refractivity contribution is 7.53. The minimum atomic E-state index is -4.64. The van der Waals surface area contributed by atoms with Crippen LogP contribution in [0, 0.1) is 0 Å². The smallest absolute Gasteiger partial charge is 0.412 e. The van der Waals surface area contributed by atoms with Crippen molar-refractivity contribution in [1.82, 2.24) is 0 Å². The average Bonchev–Trinajstić information content (AvgIpc) is 2.45. The molecule has 0 radical (unpaired) electrons. The molecule has 23 heavy (non-hydrogen) atoms. The molecule has 0 heterocycles. The van der Waals surface area contributed by atoms with E-state index < -0.39 is 32.5 Å². The van der Waals surface area contributed by atoms with Crippen molar-refractivity contribution in [3.05, 3.63) is 35.9 Å². The maximum atomic E-state index is 12.2. The molecule has 0 bridgehead atoms. The molecule has 0 spiro atoms. The van der Waals surface area contributed by atoms with E-state index in [1.807, 2.05) is 0 Å². The summed E-state index contributed by atoms with van der Waals surface area (Å²) in [6, 6.07) is 8.62. The largest absolute Gasteiger partial charge is 0.464 e. The Morgan fingerprint density at radius 3 is 2.39 bits per heavy atom. The monoisotopic (exact) mass is 354 g/mol. The van der Waals surface area contributed by atoms with Gasteiger partial charge in [-0.3, -0.25) is 13.6 Å². The van der Waals surface area contributed by atoms with Crippen LogP contribution in [-0.4, -0.2) is 38.1 Å². The summed E-state index contributed by atoms with van der Waals surface area (Å²) in [6.07, 6.45) is -5.96. The molecule has 0 saturated heterocycles. The van der Waals surface area contributed by atoms with Crippen LogP contribution in [0.1, 0.15) is 12.5 Å². The van der Waals surface area contributed by atoms with Gasteiger partial charge in [0.15, 0.2) is 12.7 Å². The fourth-order valence-electron chi connectivity index (χ4n) is 1.68. The number of esters is 1. The fraction of sp³-hybridized carbons (Fsp3) is 0.500. The Kier molecular flexibility index (Phi) is 7.25. The van der Waals surface area contributed by atoms with Crippen molar-refractivity contribution in [3.63, 3.8) is 0 Å². The normalized spacial score (nSPS) is 15.7. The van der Waals surface area contributed by atoms with E-state index in [0.29, 0.717) is 5.56 Å². The van der Waals surface area contributed by atoms with Gasteiger partial charge in [0, 0.05) is 13.1 Å². The van der Waals surface area contributed by atoms with Gasteiger partial charge in [0.25, 0.3) is 0 Å². The average molecular weight is 354 g/mol. The first-order chi connectivity index (χ1) is 10.6. The van der Waals surface area contributed by atoms with Crippen LogP contribution in [0.4, 0.5) is 13.2 Å². The zero-order chi connectivity index (χ0) is 17.5. The number of carbonyl (C=O) groups excluding carboxylic acids is 1. The van der Waals surface area contributed by atoms with Crippen LogP contribution in [0.25, 0.3) is 0 Å². The number of alkyl halides is 3. The first kappa shape index (κ1) is 19.7. The summed E-state index contributed by atoms with van der Waals surface area (Å²) in [5, 5.41) is 0. The van der Waals surface area contributed by atoms with Gasteiger partial charge in [-0.15, -0.1) is 0 Å². The molecule has 0 aliphatic rings. The molecule has 2 atom stereocenters. The Bertz CT molecular complexity index is 547.